The molecule has 0 aliphatic carbocycles. The summed E-state index contributed by atoms with van der Waals surface area (Å²) < 4.78 is 0. The van der Waals surface area contributed by atoms with Gasteiger partial charge in [-0.15, -0.1) is 0 Å². The van der Waals surface area contributed by atoms with E-state index in [1.54, 1.807) is 0 Å². The van der Waals surface area contributed by atoms with E-state index >= 15 is 0 Å². The maximum Gasteiger partial charge on any atom is 0.238 e. The molecular formula is C71H47N9. The average Bonchev–Trinajstić information content (AvgIpc) is 3.58. The number of fused-ring (bicyclic) bond motifs is 2. The lowest BCUT2D eigenvalue weighted by atomic mass is 9.92. The van der Waals surface area contributed by atoms with Crippen molar-refractivity contribution in [1.82, 2.24) is 34.9 Å². The van der Waals surface area contributed by atoms with Crippen molar-refractivity contribution in [3.63, 3.8) is 0 Å². The Morgan fingerprint density at radius 2 is 0.487 bits per heavy atom. The quantitative estimate of drug-likeness (QED) is 0.125. The van der Waals surface area contributed by atoms with Crippen LogP contribution in [0.25, 0.3) is 102 Å². The fourth-order valence-corrected chi connectivity index (χ4v) is 10.5. The van der Waals surface area contributed by atoms with Crippen LogP contribution in [-0.4, -0.2) is 34.9 Å². The lowest BCUT2D eigenvalue weighted by molar-refractivity contribution is 1.01. The number of rotatable bonds is 11. The van der Waals surface area contributed by atoms with Crippen LogP contribution >= 0.6 is 0 Å². The highest BCUT2D eigenvalue weighted by molar-refractivity contribution is 6.07. The number of aromatic nitrogens is 7. The first-order valence-electron chi connectivity index (χ1n) is 26.6. The van der Waals surface area contributed by atoms with Gasteiger partial charge in [0.1, 0.15) is 0 Å². The Morgan fingerprint density at radius 1 is 0.200 bits per heavy atom. The third-order valence-corrected chi connectivity index (χ3v) is 14.3. The number of nitrogens with zero attached hydrogens (tertiary/aromatic N) is 9. The number of benzene rings is 10. The highest BCUT2D eigenvalue weighted by Crippen LogP contribution is 2.57. The Bertz CT molecular complexity index is 4120. The molecule has 0 bridgehead atoms. The summed E-state index contributed by atoms with van der Waals surface area (Å²) in [5.41, 5.74) is 16.7. The Hall–Kier alpha value is -11.0. The van der Waals surface area contributed by atoms with Gasteiger partial charge in [0.25, 0.3) is 0 Å². The van der Waals surface area contributed by atoms with Crippen LogP contribution in [0.2, 0.25) is 0 Å². The maximum atomic E-state index is 5.60. The van der Waals surface area contributed by atoms with Crippen molar-refractivity contribution in [2.45, 2.75) is 0 Å². The van der Waals surface area contributed by atoms with Crippen LogP contribution in [0.3, 0.4) is 0 Å². The molecule has 0 unspecified atom stereocenters. The third-order valence-electron chi connectivity index (χ3n) is 14.3. The van der Waals surface area contributed by atoms with Crippen LogP contribution in [0.5, 0.6) is 0 Å². The van der Waals surface area contributed by atoms with E-state index in [0.29, 0.717) is 29.2 Å². The predicted octanol–water partition coefficient (Wildman–Crippen LogP) is 17.7. The van der Waals surface area contributed by atoms with Gasteiger partial charge in [-0.1, -0.05) is 237 Å². The van der Waals surface area contributed by atoms with Gasteiger partial charge in [-0.25, -0.2) is 24.9 Å². The van der Waals surface area contributed by atoms with E-state index in [-0.39, 0.29) is 0 Å². The first-order chi connectivity index (χ1) is 39.7. The Balaban J connectivity index is 1.07. The summed E-state index contributed by atoms with van der Waals surface area (Å²) in [7, 11) is 0. The monoisotopic (exact) mass is 1030 g/mol. The Kier molecular flexibility index (Phi) is 12.3. The molecule has 3 aromatic heterocycles. The van der Waals surface area contributed by atoms with Gasteiger partial charge in [-0.05, 0) is 54.1 Å². The number of hydrogen-bond donors (Lipinski definition) is 0. The number of hydrogen-bond acceptors (Lipinski definition) is 9. The first kappa shape index (κ1) is 47.4. The van der Waals surface area contributed by atoms with Crippen molar-refractivity contribution in [3.05, 3.63) is 285 Å². The summed E-state index contributed by atoms with van der Waals surface area (Å²) >= 11 is 0. The molecule has 9 heteroatoms. The minimum absolute atomic E-state index is 0.481. The summed E-state index contributed by atoms with van der Waals surface area (Å²) in [6, 6.07) is 97.5. The highest BCUT2D eigenvalue weighted by atomic mass is 15.3. The molecule has 80 heavy (non-hydrogen) atoms. The van der Waals surface area contributed by atoms with E-state index in [4.69, 9.17) is 34.9 Å². The van der Waals surface area contributed by atoms with Crippen LogP contribution in [0.4, 0.5) is 34.4 Å². The lowest BCUT2D eigenvalue weighted by Crippen LogP contribution is -2.26. The van der Waals surface area contributed by atoms with Gasteiger partial charge in [0, 0.05) is 50.1 Å². The van der Waals surface area contributed by atoms with Crippen molar-refractivity contribution in [1.29, 1.82) is 0 Å². The zero-order valence-corrected chi connectivity index (χ0v) is 43.2. The standard InChI is InChI=1S/C71H47N9/c1-8-26-48(27-9-1)56-44-55(61-47-58(49-28-10-2-11-29-49)72-67(73-61)52-34-16-5-17-35-52)45-57(70-74-59(50-30-12-3-13-31-50)46-60(75-70)51-32-14-4-15-33-51)66(56)79-62-40-22-24-42-64(62)80(65-43-25-23-41-63(65)79)71-77-68(53-36-18-6-19-37-53)76-69(78-71)54-38-20-7-21-39-54/h1-47H. The molecular weight excluding hydrogens is 979 g/mol. The second-order valence-electron chi connectivity index (χ2n) is 19.3. The SMILES string of the molecule is c1ccc(-c2cc(-c3cc(-c4ccccc4)c(N4c5ccccc5N(c5nc(-c6ccccc6)nc(-c6ccccc6)n5)c5ccccc54)c(-c4nc(-c5ccccc5)cc(-c5ccccc5)n4)c3)nc(-c3ccccc3)n2)cc1. The normalized spacial score (nSPS) is 11.7. The summed E-state index contributed by atoms with van der Waals surface area (Å²) in [5.74, 6) is 2.77. The average molecular weight is 1030 g/mol. The number of anilines is 6. The van der Waals surface area contributed by atoms with Crippen molar-refractivity contribution in [2.75, 3.05) is 9.80 Å². The Labute approximate surface area is 463 Å². The van der Waals surface area contributed by atoms with Gasteiger partial charge in [-0.3, -0.25) is 4.90 Å². The summed E-state index contributed by atoms with van der Waals surface area (Å²) in [6.45, 7) is 0. The van der Waals surface area contributed by atoms with Gasteiger partial charge in [0.2, 0.25) is 5.95 Å². The smallest absolute Gasteiger partial charge is 0.238 e. The molecule has 0 N–H and O–H groups in total. The Morgan fingerprint density at radius 3 is 0.875 bits per heavy atom. The zero-order valence-electron chi connectivity index (χ0n) is 43.2. The van der Waals surface area contributed by atoms with Gasteiger partial charge >= 0.3 is 0 Å². The first-order valence-corrected chi connectivity index (χ1v) is 26.6. The van der Waals surface area contributed by atoms with E-state index in [1.165, 1.54) is 0 Å². The second kappa shape index (κ2) is 20.8. The van der Waals surface area contributed by atoms with Crippen molar-refractivity contribution in [3.8, 4) is 102 Å². The van der Waals surface area contributed by atoms with E-state index in [9.17, 15) is 0 Å². The number of para-hydroxylation sites is 4. The molecule has 0 saturated heterocycles. The molecule has 0 amide bonds. The molecule has 9 nitrogen and oxygen atoms in total. The summed E-state index contributed by atoms with van der Waals surface area (Å²) in [5, 5.41) is 0. The van der Waals surface area contributed by atoms with Gasteiger partial charge in [0.15, 0.2) is 23.3 Å². The zero-order chi connectivity index (χ0) is 53.2. The molecule has 0 spiro atoms. The van der Waals surface area contributed by atoms with E-state index < -0.39 is 0 Å². The molecule has 0 fully saturated rings. The maximum absolute atomic E-state index is 5.60. The molecule has 0 saturated carbocycles. The largest absolute Gasteiger partial charge is 0.305 e. The van der Waals surface area contributed by atoms with Gasteiger partial charge in [-0.2, -0.15) is 9.97 Å². The predicted molar refractivity (Wildman–Crippen MR) is 323 cm³/mol. The molecule has 1 aliphatic rings. The highest BCUT2D eigenvalue weighted by Gasteiger charge is 2.36. The summed E-state index contributed by atoms with van der Waals surface area (Å²) in [6.07, 6.45) is 0. The van der Waals surface area contributed by atoms with Crippen LogP contribution in [0.15, 0.2) is 285 Å². The van der Waals surface area contributed by atoms with Gasteiger partial charge in [0.05, 0.1) is 51.2 Å². The molecule has 0 atom stereocenters. The fraction of sp³-hybridized carbons (Fsp3) is 0. The molecule has 0 radical (unpaired) electrons. The van der Waals surface area contributed by atoms with Crippen LogP contribution in [0, 0.1) is 0 Å². The lowest BCUT2D eigenvalue weighted by Gasteiger charge is -2.40. The third kappa shape index (κ3) is 9.10. The van der Waals surface area contributed by atoms with Crippen LogP contribution < -0.4 is 9.80 Å². The van der Waals surface area contributed by atoms with Crippen molar-refractivity contribution >= 4 is 34.4 Å². The topological polar surface area (TPSA) is 96.7 Å². The van der Waals surface area contributed by atoms with E-state index in [1.807, 2.05) is 133 Å². The minimum Gasteiger partial charge on any atom is -0.305 e. The molecule has 10 aromatic carbocycles. The van der Waals surface area contributed by atoms with E-state index in [2.05, 4.69) is 161 Å². The van der Waals surface area contributed by atoms with Crippen LogP contribution in [0.1, 0.15) is 0 Å². The minimum atomic E-state index is 0.481. The molecule has 1 aliphatic heterocycles. The molecule has 13 aromatic rings. The fourth-order valence-electron chi connectivity index (χ4n) is 10.5. The van der Waals surface area contributed by atoms with Crippen LogP contribution in [-0.2, 0) is 0 Å². The van der Waals surface area contributed by atoms with Gasteiger partial charge < -0.3 is 4.90 Å². The molecule has 4 heterocycles. The van der Waals surface area contributed by atoms with E-state index in [0.717, 1.165) is 107 Å². The second-order valence-corrected chi connectivity index (χ2v) is 19.3. The summed E-state index contributed by atoms with van der Waals surface area (Å²) in [4.78, 5) is 42.1. The van der Waals surface area contributed by atoms with Crippen molar-refractivity contribution in [2.24, 2.45) is 0 Å². The molecule has 14 rings (SSSR count). The van der Waals surface area contributed by atoms with Crippen molar-refractivity contribution < 1.29 is 0 Å². The molecule has 376 valence electrons.